The minimum atomic E-state index is 0.865. The molecule has 26 heavy (non-hydrogen) atoms. The summed E-state index contributed by atoms with van der Waals surface area (Å²) in [6.45, 7) is 8.49. The van der Waals surface area contributed by atoms with Crippen LogP contribution in [0.2, 0.25) is 0 Å². The van der Waals surface area contributed by atoms with Gasteiger partial charge in [-0.2, -0.15) is 0 Å². The van der Waals surface area contributed by atoms with E-state index in [1.807, 2.05) is 25.6 Å². The standard InChI is InChI=1S/C22H23N4/c1-13-8-14(2)16(4)19(9-13)22-18-7-6-17(21(18)25-12-26(22)5)20-11-23-15(3)10-24-20/h6,8-12H,7H2,1-5H3/q+1. The van der Waals surface area contributed by atoms with Gasteiger partial charge < -0.3 is 0 Å². The van der Waals surface area contributed by atoms with Crippen molar-refractivity contribution in [3.05, 3.63) is 76.3 Å². The predicted octanol–water partition coefficient (Wildman–Crippen LogP) is 3.58. The molecular formula is C22H23N4+. The van der Waals surface area contributed by atoms with Gasteiger partial charge in [0.05, 0.1) is 30.2 Å². The zero-order valence-corrected chi connectivity index (χ0v) is 16.0. The van der Waals surface area contributed by atoms with Crippen molar-refractivity contribution in [2.75, 3.05) is 0 Å². The molecule has 1 aromatic carbocycles. The number of hydrogen-bond acceptors (Lipinski definition) is 3. The minimum absolute atomic E-state index is 0.865. The molecule has 4 rings (SSSR count). The number of aryl methyl sites for hydroxylation is 4. The molecule has 0 atom stereocenters. The van der Waals surface area contributed by atoms with Crippen LogP contribution in [0.15, 0.2) is 36.9 Å². The van der Waals surface area contributed by atoms with Gasteiger partial charge in [-0.15, -0.1) is 0 Å². The molecule has 2 heterocycles. The van der Waals surface area contributed by atoms with Crippen molar-refractivity contribution in [1.82, 2.24) is 15.0 Å². The third-order valence-electron chi connectivity index (χ3n) is 5.17. The molecule has 0 spiro atoms. The molecule has 0 bridgehead atoms. The average Bonchev–Trinajstić information content (AvgIpc) is 3.03. The fraction of sp³-hybridized carbons (Fsp3) is 0.273. The number of allylic oxidation sites excluding steroid dienone is 1. The molecule has 0 unspecified atom stereocenters. The van der Waals surface area contributed by atoms with Crippen LogP contribution in [0.25, 0.3) is 16.8 Å². The lowest BCUT2D eigenvalue weighted by Crippen LogP contribution is -2.33. The topological polar surface area (TPSA) is 42.5 Å². The van der Waals surface area contributed by atoms with Gasteiger partial charge in [-0.25, -0.2) is 4.57 Å². The first-order chi connectivity index (χ1) is 12.5. The second kappa shape index (κ2) is 6.13. The summed E-state index contributed by atoms with van der Waals surface area (Å²) in [6, 6.07) is 4.52. The Hall–Kier alpha value is -2.88. The lowest BCUT2D eigenvalue weighted by molar-refractivity contribution is -0.663. The number of aromatic nitrogens is 4. The first-order valence-electron chi connectivity index (χ1n) is 8.91. The fourth-order valence-corrected chi connectivity index (χ4v) is 3.73. The Labute approximate surface area is 154 Å². The van der Waals surface area contributed by atoms with E-state index in [0.717, 1.165) is 29.1 Å². The van der Waals surface area contributed by atoms with Gasteiger partial charge in [0.25, 0.3) is 6.33 Å². The van der Waals surface area contributed by atoms with Crippen molar-refractivity contribution in [2.45, 2.75) is 34.1 Å². The van der Waals surface area contributed by atoms with Crippen molar-refractivity contribution in [3.63, 3.8) is 0 Å². The number of benzene rings is 1. The first-order valence-corrected chi connectivity index (χ1v) is 8.91. The lowest BCUT2D eigenvalue weighted by atomic mass is 9.94. The zero-order chi connectivity index (χ0) is 18.4. The maximum atomic E-state index is 4.73. The van der Waals surface area contributed by atoms with E-state index in [1.165, 1.54) is 33.5 Å². The number of rotatable bonds is 2. The molecule has 2 aromatic heterocycles. The second-order valence-corrected chi connectivity index (χ2v) is 7.15. The molecule has 4 heteroatoms. The quantitative estimate of drug-likeness (QED) is 0.668. The van der Waals surface area contributed by atoms with Crippen molar-refractivity contribution >= 4 is 5.57 Å². The molecule has 0 saturated carbocycles. The molecule has 0 saturated heterocycles. The van der Waals surface area contributed by atoms with Crippen molar-refractivity contribution < 1.29 is 4.57 Å². The number of hydrogen-bond donors (Lipinski definition) is 0. The highest BCUT2D eigenvalue weighted by molar-refractivity contribution is 5.84. The third kappa shape index (κ3) is 2.62. The highest BCUT2D eigenvalue weighted by Crippen LogP contribution is 2.36. The van der Waals surface area contributed by atoms with Gasteiger partial charge in [0.1, 0.15) is 5.69 Å². The molecule has 0 amide bonds. The monoisotopic (exact) mass is 343 g/mol. The van der Waals surface area contributed by atoms with Crippen LogP contribution in [0.3, 0.4) is 0 Å². The number of nitrogens with zero attached hydrogens (tertiary/aromatic N) is 4. The minimum Gasteiger partial charge on any atom is -0.258 e. The zero-order valence-electron chi connectivity index (χ0n) is 16.0. The summed E-state index contributed by atoms with van der Waals surface area (Å²) in [7, 11) is 2.07. The maximum Gasteiger partial charge on any atom is 0.287 e. The fourth-order valence-electron chi connectivity index (χ4n) is 3.73. The molecule has 0 radical (unpaired) electrons. The molecule has 130 valence electrons. The molecule has 4 nitrogen and oxygen atoms in total. The Bertz CT molecular complexity index is 1050. The van der Waals surface area contributed by atoms with Crippen LogP contribution in [0.4, 0.5) is 0 Å². The smallest absolute Gasteiger partial charge is 0.258 e. The van der Waals surface area contributed by atoms with E-state index in [1.54, 1.807) is 0 Å². The molecule has 1 aliphatic carbocycles. The maximum absolute atomic E-state index is 4.73. The molecule has 1 aliphatic rings. The lowest BCUT2D eigenvalue weighted by Gasteiger charge is -2.13. The largest absolute Gasteiger partial charge is 0.287 e. The van der Waals surface area contributed by atoms with E-state index < -0.39 is 0 Å². The second-order valence-electron chi connectivity index (χ2n) is 7.15. The summed E-state index contributed by atoms with van der Waals surface area (Å²) >= 11 is 0. The summed E-state index contributed by atoms with van der Waals surface area (Å²) < 4.78 is 2.14. The highest BCUT2D eigenvalue weighted by atomic mass is 15.0. The van der Waals surface area contributed by atoms with E-state index in [2.05, 4.69) is 60.6 Å². The van der Waals surface area contributed by atoms with E-state index >= 15 is 0 Å². The summed E-state index contributed by atoms with van der Waals surface area (Å²) in [5, 5.41) is 0. The van der Waals surface area contributed by atoms with E-state index in [-0.39, 0.29) is 0 Å². The van der Waals surface area contributed by atoms with Gasteiger partial charge in [0.2, 0.25) is 0 Å². The van der Waals surface area contributed by atoms with Crippen LogP contribution < -0.4 is 4.57 Å². The van der Waals surface area contributed by atoms with Crippen molar-refractivity contribution in [2.24, 2.45) is 7.05 Å². The molecular weight excluding hydrogens is 320 g/mol. The first kappa shape index (κ1) is 16.6. The van der Waals surface area contributed by atoms with Crippen molar-refractivity contribution in [3.8, 4) is 11.3 Å². The van der Waals surface area contributed by atoms with E-state index in [4.69, 9.17) is 4.98 Å². The number of fused-ring (bicyclic) bond motifs is 1. The normalized spacial score (nSPS) is 12.9. The van der Waals surface area contributed by atoms with Crippen molar-refractivity contribution in [1.29, 1.82) is 0 Å². The van der Waals surface area contributed by atoms with Crippen LogP contribution in [0.1, 0.15) is 39.3 Å². The summed E-state index contributed by atoms with van der Waals surface area (Å²) in [6.07, 6.45) is 8.65. The van der Waals surface area contributed by atoms with Gasteiger partial charge in [0.15, 0.2) is 5.69 Å². The molecule has 0 aliphatic heterocycles. The van der Waals surface area contributed by atoms with Crippen LogP contribution in [-0.2, 0) is 13.5 Å². The summed E-state index contributed by atoms with van der Waals surface area (Å²) in [5.74, 6) is 0. The Morgan fingerprint density at radius 2 is 1.77 bits per heavy atom. The van der Waals surface area contributed by atoms with Gasteiger partial charge in [-0.3, -0.25) is 9.97 Å². The Morgan fingerprint density at radius 1 is 0.962 bits per heavy atom. The molecule has 3 aromatic rings. The van der Waals surface area contributed by atoms with Crippen LogP contribution in [0, 0.1) is 27.7 Å². The van der Waals surface area contributed by atoms with Crippen LogP contribution >= 0.6 is 0 Å². The Kier molecular flexibility index (Phi) is 3.91. The summed E-state index contributed by atoms with van der Waals surface area (Å²) in [4.78, 5) is 13.7. The molecule has 0 N–H and O–H groups in total. The Morgan fingerprint density at radius 3 is 2.50 bits per heavy atom. The van der Waals surface area contributed by atoms with Gasteiger partial charge in [0, 0.05) is 23.8 Å². The van der Waals surface area contributed by atoms with E-state index in [9.17, 15) is 0 Å². The van der Waals surface area contributed by atoms with Crippen LogP contribution in [0.5, 0.6) is 0 Å². The molecule has 0 fully saturated rings. The SMILES string of the molecule is Cc1cc(C)c(C)c(-c2c3c(nc[n+]2C)C(c2cnc(C)cn2)=CC3)c1. The highest BCUT2D eigenvalue weighted by Gasteiger charge is 2.29. The average molecular weight is 343 g/mol. The van der Waals surface area contributed by atoms with Gasteiger partial charge in [-0.05, 0) is 49.9 Å². The predicted molar refractivity (Wildman–Crippen MR) is 103 cm³/mol. The van der Waals surface area contributed by atoms with Crippen LogP contribution in [-0.4, -0.2) is 15.0 Å². The summed E-state index contributed by atoms with van der Waals surface area (Å²) in [5.41, 5.74) is 11.6. The third-order valence-corrected chi connectivity index (χ3v) is 5.17. The van der Waals surface area contributed by atoms with Gasteiger partial charge in [-0.1, -0.05) is 17.7 Å². The van der Waals surface area contributed by atoms with Gasteiger partial charge >= 0.3 is 0 Å². The van der Waals surface area contributed by atoms with E-state index in [0.29, 0.717) is 0 Å². The Balaban J connectivity index is 1.90.